The number of benzene rings is 3. The minimum Gasteiger partial charge on any atom is -0.258 e. The maximum atomic E-state index is 13.0. The van der Waals surface area contributed by atoms with E-state index in [-0.39, 0.29) is 4.90 Å². The first-order valence-electron chi connectivity index (χ1n) is 8.26. The van der Waals surface area contributed by atoms with Crippen molar-refractivity contribution in [2.45, 2.75) is 17.9 Å². The number of hydrogen-bond acceptors (Lipinski definition) is 4. The van der Waals surface area contributed by atoms with Gasteiger partial charge in [-0.2, -0.15) is 4.72 Å². The number of nitrogens with zero attached hydrogens (tertiary/aromatic N) is 1. The topological polar surface area (TPSA) is 89.3 Å². The van der Waals surface area contributed by atoms with Gasteiger partial charge in [0.2, 0.25) is 10.0 Å². The Morgan fingerprint density at radius 3 is 2.19 bits per heavy atom. The molecule has 1 atom stereocenters. The van der Waals surface area contributed by atoms with Crippen molar-refractivity contribution in [3.63, 3.8) is 0 Å². The standard InChI is InChI=1S/C20H18N2O4S/c1-15-8-7-11-17(14-15)20(16-9-3-2-4-10-16)21-27(25,26)19-13-6-5-12-18(19)22(23)24/h2-14,20-21H,1H3/t20-/m1/s1. The van der Waals surface area contributed by atoms with E-state index in [0.29, 0.717) is 0 Å². The van der Waals surface area contributed by atoms with Crippen LogP contribution in [0.5, 0.6) is 0 Å². The lowest BCUT2D eigenvalue weighted by atomic mass is 9.98. The summed E-state index contributed by atoms with van der Waals surface area (Å²) in [5.74, 6) is 0. The van der Waals surface area contributed by atoms with Gasteiger partial charge in [-0.1, -0.05) is 72.3 Å². The zero-order chi connectivity index (χ0) is 19.4. The molecule has 1 N–H and O–H groups in total. The van der Waals surface area contributed by atoms with Gasteiger partial charge in [0.25, 0.3) is 5.69 Å². The third-order valence-corrected chi connectivity index (χ3v) is 5.60. The van der Waals surface area contributed by atoms with Crippen molar-refractivity contribution in [1.29, 1.82) is 0 Å². The molecule has 138 valence electrons. The Balaban J connectivity index is 2.08. The normalized spacial score (nSPS) is 12.5. The number of aryl methyl sites for hydroxylation is 1. The van der Waals surface area contributed by atoms with Gasteiger partial charge in [0, 0.05) is 6.07 Å². The van der Waals surface area contributed by atoms with Gasteiger partial charge in [-0.05, 0) is 24.1 Å². The van der Waals surface area contributed by atoms with Crippen molar-refractivity contribution in [1.82, 2.24) is 4.72 Å². The van der Waals surface area contributed by atoms with Gasteiger partial charge in [0.1, 0.15) is 0 Å². The van der Waals surface area contributed by atoms with E-state index in [4.69, 9.17) is 0 Å². The fraction of sp³-hybridized carbons (Fsp3) is 0.100. The van der Waals surface area contributed by atoms with E-state index < -0.39 is 26.7 Å². The fourth-order valence-electron chi connectivity index (χ4n) is 2.88. The van der Waals surface area contributed by atoms with Crippen molar-refractivity contribution >= 4 is 15.7 Å². The maximum Gasteiger partial charge on any atom is 0.289 e. The van der Waals surface area contributed by atoms with Crippen LogP contribution in [-0.2, 0) is 10.0 Å². The first kappa shape index (κ1) is 18.8. The molecule has 0 unspecified atom stereocenters. The number of sulfonamides is 1. The average Bonchev–Trinajstić information content (AvgIpc) is 2.67. The van der Waals surface area contributed by atoms with Gasteiger partial charge in [0.15, 0.2) is 4.90 Å². The minimum absolute atomic E-state index is 0.358. The highest BCUT2D eigenvalue weighted by Gasteiger charge is 2.29. The molecule has 0 aromatic heterocycles. The molecule has 3 rings (SSSR count). The number of rotatable bonds is 6. The molecule has 0 saturated heterocycles. The summed E-state index contributed by atoms with van der Waals surface area (Å²) in [4.78, 5) is 10.2. The zero-order valence-corrected chi connectivity index (χ0v) is 15.4. The highest BCUT2D eigenvalue weighted by Crippen LogP contribution is 2.28. The van der Waals surface area contributed by atoms with E-state index in [9.17, 15) is 18.5 Å². The van der Waals surface area contributed by atoms with Crippen molar-refractivity contribution in [2.75, 3.05) is 0 Å². The van der Waals surface area contributed by atoms with Crippen LogP contribution in [0.1, 0.15) is 22.7 Å². The van der Waals surface area contributed by atoms with E-state index in [1.54, 1.807) is 0 Å². The van der Waals surface area contributed by atoms with Crippen LogP contribution in [0, 0.1) is 17.0 Å². The Labute approximate surface area is 157 Å². The summed E-state index contributed by atoms with van der Waals surface area (Å²) < 4.78 is 28.6. The molecule has 0 amide bonds. The van der Waals surface area contributed by atoms with Crippen molar-refractivity contribution < 1.29 is 13.3 Å². The van der Waals surface area contributed by atoms with Crippen LogP contribution in [0.2, 0.25) is 0 Å². The molecule has 0 spiro atoms. The monoisotopic (exact) mass is 382 g/mol. The predicted molar refractivity (Wildman–Crippen MR) is 103 cm³/mol. The highest BCUT2D eigenvalue weighted by atomic mass is 32.2. The summed E-state index contributed by atoms with van der Waals surface area (Å²) in [6, 6.07) is 21.2. The van der Waals surface area contributed by atoms with E-state index in [1.807, 2.05) is 61.5 Å². The first-order chi connectivity index (χ1) is 12.9. The van der Waals surface area contributed by atoms with Crippen molar-refractivity contribution in [3.8, 4) is 0 Å². The van der Waals surface area contributed by atoms with Crippen molar-refractivity contribution in [3.05, 3.63) is 106 Å². The Morgan fingerprint density at radius 1 is 0.889 bits per heavy atom. The Bertz CT molecular complexity index is 1070. The molecule has 3 aromatic carbocycles. The molecular formula is C20H18N2O4S. The number of hydrogen-bond donors (Lipinski definition) is 1. The molecule has 27 heavy (non-hydrogen) atoms. The Morgan fingerprint density at radius 2 is 1.52 bits per heavy atom. The lowest BCUT2D eigenvalue weighted by Crippen LogP contribution is -2.30. The second-order valence-electron chi connectivity index (χ2n) is 6.10. The smallest absolute Gasteiger partial charge is 0.258 e. The van der Waals surface area contributed by atoms with Gasteiger partial charge in [-0.3, -0.25) is 10.1 Å². The fourth-order valence-corrected chi connectivity index (χ4v) is 4.26. The zero-order valence-electron chi connectivity index (χ0n) is 14.6. The van der Waals surface area contributed by atoms with Crippen molar-refractivity contribution in [2.24, 2.45) is 0 Å². The van der Waals surface area contributed by atoms with Crippen LogP contribution >= 0.6 is 0 Å². The lowest BCUT2D eigenvalue weighted by Gasteiger charge is -2.20. The van der Waals surface area contributed by atoms with Gasteiger partial charge < -0.3 is 0 Å². The Hall–Kier alpha value is -3.03. The molecule has 0 aliphatic rings. The molecule has 0 aliphatic heterocycles. The number of nitro groups is 1. The molecule has 0 heterocycles. The molecule has 7 heteroatoms. The number of nitro benzene ring substituents is 1. The second-order valence-corrected chi connectivity index (χ2v) is 7.79. The largest absolute Gasteiger partial charge is 0.289 e. The van der Waals surface area contributed by atoms with Gasteiger partial charge >= 0.3 is 0 Å². The summed E-state index contributed by atoms with van der Waals surface area (Å²) >= 11 is 0. The SMILES string of the molecule is Cc1cccc([C@H](NS(=O)(=O)c2ccccc2[N+](=O)[O-])c2ccccc2)c1. The first-order valence-corrected chi connectivity index (χ1v) is 9.74. The highest BCUT2D eigenvalue weighted by molar-refractivity contribution is 7.89. The Kier molecular flexibility index (Phi) is 5.34. The van der Waals surface area contributed by atoms with Gasteiger partial charge in [-0.25, -0.2) is 8.42 Å². The van der Waals surface area contributed by atoms with Crippen LogP contribution in [-0.4, -0.2) is 13.3 Å². The van der Waals surface area contributed by atoms with Crippen LogP contribution < -0.4 is 4.72 Å². The van der Waals surface area contributed by atoms with Crippen LogP contribution in [0.3, 0.4) is 0 Å². The lowest BCUT2D eigenvalue weighted by molar-refractivity contribution is -0.387. The van der Waals surface area contributed by atoms with Gasteiger partial charge in [0.05, 0.1) is 11.0 Å². The molecule has 6 nitrogen and oxygen atoms in total. The summed E-state index contributed by atoms with van der Waals surface area (Å²) in [6.07, 6.45) is 0. The molecule has 0 saturated carbocycles. The second kappa shape index (κ2) is 7.69. The molecular weight excluding hydrogens is 364 g/mol. The molecule has 3 aromatic rings. The predicted octanol–water partition coefficient (Wildman–Crippen LogP) is 3.97. The van der Waals surface area contributed by atoms with E-state index in [0.717, 1.165) is 16.7 Å². The van der Waals surface area contributed by atoms with E-state index in [2.05, 4.69) is 4.72 Å². The quantitative estimate of drug-likeness (QED) is 0.516. The van der Waals surface area contributed by atoms with Gasteiger partial charge in [-0.15, -0.1) is 0 Å². The minimum atomic E-state index is -4.14. The summed E-state index contributed by atoms with van der Waals surface area (Å²) in [6.45, 7) is 1.92. The number of nitrogens with one attached hydrogen (secondary N) is 1. The van der Waals surface area contributed by atoms with E-state index in [1.165, 1.54) is 24.3 Å². The van der Waals surface area contributed by atoms with Crippen LogP contribution in [0.4, 0.5) is 5.69 Å². The molecule has 0 bridgehead atoms. The molecule has 0 fully saturated rings. The van der Waals surface area contributed by atoms with Crippen LogP contribution in [0.25, 0.3) is 0 Å². The average molecular weight is 382 g/mol. The van der Waals surface area contributed by atoms with E-state index >= 15 is 0 Å². The molecule has 0 aliphatic carbocycles. The third kappa shape index (κ3) is 4.21. The maximum absolute atomic E-state index is 13.0. The number of para-hydroxylation sites is 1. The molecule has 0 radical (unpaired) electrons. The summed E-state index contributed by atoms with van der Waals surface area (Å²) in [5.41, 5.74) is 2.02. The summed E-state index contributed by atoms with van der Waals surface area (Å²) in [7, 11) is -4.14. The summed E-state index contributed by atoms with van der Waals surface area (Å²) in [5, 5.41) is 11.3. The third-order valence-electron chi connectivity index (χ3n) is 4.13. The van der Waals surface area contributed by atoms with Crippen LogP contribution in [0.15, 0.2) is 83.8 Å².